The van der Waals surface area contributed by atoms with E-state index in [9.17, 15) is 0 Å². The van der Waals surface area contributed by atoms with Crippen LogP contribution in [0.4, 0.5) is 0 Å². The van der Waals surface area contributed by atoms with E-state index < -0.39 is 0 Å². The summed E-state index contributed by atoms with van der Waals surface area (Å²) >= 11 is -0.344. The van der Waals surface area contributed by atoms with Gasteiger partial charge in [-0.1, -0.05) is 41.5 Å². The van der Waals surface area contributed by atoms with Gasteiger partial charge in [0.05, 0.1) is 0 Å². The Balaban J connectivity index is 4.28. The zero-order chi connectivity index (χ0) is 13.4. The van der Waals surface area contributed by atoms with Crippen molar-refractivity contribution in [3.63, 3.8) is 0 Å². The summed E-state index contributed by atoms with van der Waals surface area (Å²) in [6.45, 7) is 13.2. The van der Waals surface area contributed by atoms with Crippen molar-refractivity contribution in [2.45, 2.75) is 91.3 Å². The van der Waals surface area contributed by atoms with E-state index >= 15 is 0 Å². The second-order valence-electron chi connectivity index (χ2n) is 4.82. The van der Waals surface area contributed by atoms with Crippen molar-refractivity contribution in [2.24, 2.45) is 0 Å². The molecule has 0 N–H and O–H groups in total. The first-order valence-electron chi connectivity index (χ1n) is 7.24. The molecule has 0 heterocycles. The Bertz CT molecular complexity index is 150. The molecule has 0 saturated carbocycles. The third-order valence-corrected chi connectivity index (χ3v) is 5.65. The minimum atomic E-state index is -0.344. The zero-order valence-electron chi connectivity index (χ0n) is 12.6. The molecule has 0 atom stereocenters. The smallest absolute Gasteiger partial charge is 0.136 e. The summed E-state index contributed by atoms with van der Waals surface area (Å²) in [4.78, 5) is 0. The number of hydrogen-bond donors (Lipinski definition) is 0. The average Bonchev–Trinajstić information content (AvgIpc) is 2.41. The molecule has 102 valence electrons. The molecule has 0 rings (SSSR count). The lowest BCUT2D eigenvalue weighted by Crippen LogP contribution is -2.38. The summed E-state index contributed by atoms with van der Waals surface area (Å²) in [5.41, 5.74) is 0.104. The topological polar surface area (TPSA) is 18.5 Å². The van der Waals surface area contributed by atoms with E-state index in [-0.39, 0.29) is 27.1 Å². The molecule has 2 nitrogen and oxygen atoms in total. The summed E-state index contributed by atoms with van der Waals surface area (Å²) in [6, 6.07) is 0. The molecular weight excluding hydrogens is 227 g/mol. The Labute approximate surface area is 115 Å². The molecule has 2 radical (unpaired) electrons. The molecule has 0 aromatic rings. The zero-order valence-corrected chi connectivity index (χ0v) is 13.8. The van der Waals surface area contributed by atoms with E-state index in [0.29, 0.717) is 0 Å². The Hall–Kier alpha value is 0.452. The molecule has 0 amide bonds. The average molecular weight is 257 g/mol. The second kappa shape index (κ2) is 8.54. The van der Waals surface area contributed by atoms with Crippen LogP contribution >= 0.6 is 0 Å². The monoisotopic (exact) mass is 257 g/mol. The van der Waals surface area contributed by atoms with Crippen LogP contribution < -0.4 is 0 Å². The Morgan fingerprint density at radius 3 is 1.00 bits per heavy atom. The van der Waals surface area contributed by atoms with Crippen LogP contribution in [-0.4, -0.2) is 27.1 Å². The van der Waals surface area contributed by atoms with Crippen molar-refractivity contribution < 1.29 is 7.58 Å². The fourth-order valence-electron chi connectivity index (χ4n) is 2.23. The van der Waals surface area contributed by atoms with Gasteiger partial charge in [0.1, 0.15) is 15.9 Å². The SMILES string of the molecule is CCC(CC)(CC)[O][Al-][O]C(CC)(CC)CC. The Morgan fingerprint density at radius 2 is 0.824 bits per heavy atom. The number of hydrogen-bond acceptors (Lipinski definition) is 2. The van der Waals surface area contributed by atoms with Gasteiger partial charge in [-0.25, -0.2) is 0 Å². The molecule has 0 aliphatic carbocycles. The van der Waals surface area contributed by atoms with E-state index in [0.717, 1.165) is 38.5 Å². The summed E-state index contributed by atoms with van der Waals surface area (Å²) in [5.74, 6) is 0. The maximum atomic E-state index is 6.10. The first-order valence-corrected chi connectivity index (χ1v) is 8.19. The minimum absolute atomic E-state index is 0.0519. The van der Waals surface area contributed by atoms with E-state index in [2.05, 4.69) is 41.5 Å². The van der Waals surface area contributed by atoms with Crippen LogP contribution in [0.3, 0.4) is 0 Å². The highest BCUT2D eigenvalue weighted by atomic mass is 27.2. The lowest BCUT2D eigenvalue weighted by Gasteiger charge is -2.46. The third-order valence-electron chi connectivity index (χ3n) is 4.46. The maximum Gasteiger partial charge on any atom is 0.136 e. The summed E-state index contributed by atoms with van der Waals surface area (Å²) in [5, 5.41) is 0. The van der Waals surface area contributed by atoms with Gasteiger partial charge >= 0.3 is 0 Å². The van der Waals surface area contributed by atoms with Crippen molar-refractivity contribution in [3.05, 3.63) is 0 Å². The van der Waals surface area contributed by atoms with Crippen LogP contribution in [0.25, 0.3) is 0 Å². The molecule has 0 aliphatic heterocycles. The highest BCUT2D eigenvalue weighted by molar-refractivity contribution is 6.18. The fourth-order valence-corrected chi connectivity index (χ4v) is 3.68. The van der Waals surface area contributed by atoms with Gasteiger partial charge < -0.3 is 7.58 Å². The first kappa shape index (κ1) is 17.5. The lowest BCUT2D eigenvalue weighted by atomic mass is 9.95. The maximum absolute atomic E-state index is 6.10. The lowest BCUT2D eigenvalue weighted by molar-refractivity contribution is -0.0124. The van der Waals surface area contributed by atoms with Crippen molar-refractivity contribution in [1.82, 2.24) is 0 Å². The Kier molecular flexibility index (Phi) is 8.76. The van der Waals surface area contributed by atoms with Crippen LogP contribution in [0, 0.1) is 0 Å². The molecule has 0 unspecified atom stereocenters. The van der Waals surface area contributed by atoms with E-state index in [1.54, 1.807) is 0 Å². The number of rotatable bonds is 10. The molecule has 0 aromatic heterocycles. The standard InChI is InChI=1S/2C7H15O.Al/c2*1-4-7(8,5-2)6-3;/h2*4-6H2,1-3H3;/q2*-1;+1. The summed E-state index contributed by atoms with van der Waals surface area (Å²) < 4.78 is 12.2. The van der Waals surface area contributed by atoms with Crippen LogP contribution in [0.2, 0.25) is 0 Å². The fraction of sp³-hybridized carbons (Fsp3) is 1.00. The van der Waals surface area contributed by atoms with Gasteiger partial charge in [-0.3, -0.25) is 0 Å². The van der Waals surface area contributed by atoms with Crippen LogP contribution in [-0.2, 0) is 7.58 Å². The van der Waals surface area contributed by atoms with Gasteiger partial charge in [0.2, 0.25) is 0 Å². The van der Waals surface area contributed by atoms with Gasteiger partial charge in [0, 0.05) is 11.2 Å². The molecule has 0 saturated heterocycles. The third kappa shape index (κ3) is 4.91. The second-order valence-corrected chi connectivity index (χ2v) is 5.48. The molecule has 0 aliphatic rings. The van der Waals surface area contributed by atoms with Crippen molar-refractivity contribution in [2.75, 3.05) is 0 Å². The highest BCUT2D eigenvalue weighted by Crippen LogP contribution is 2.27. The first-order chi connectivity index (χ1) is 8.07. The minimum Gasteiger partial charge on any atom is -0.674 e. The van der Waals surface area contributed by atoms with Gasteiger partial charge in [-0.05, 0) is 38.5 Å². The van der Waals surface area contributed by atoms with Gasteiger partial charge in [-0.15, -0.1) is 0 Å². The van der Waals surface area contributed by atoms with Gasteiger partial charge in [0.25, 0.3) is 0 Å². The molecule has 3 heteroatoms. The largest absolute Gasteiger partial charge is 0.674 e. The molecule has 0 spiro atoms. The summed E-state index contributed by atoms with van der Waals surface area (Å²) in [7, 11) is 0. The van der Waals surface area contributed by atoms with Crippen molar-refractivity contribution >= 4 is 15.9 Å². The van der Waals surface area contributed by atoms with Crippen molar-refractivity contribution in [3.8, 4) is 0 Å². The predicted molar refractivity (Wildman–Crippen MR) is 75.1 cm³/mol. The van der Waals surface area contributed by atoms with Gasteiger partial charge in [0.15, 0.2) is 0 Å². The van der Waals surface area contributed by atoms with Crippen LogP contribution in [0.1, 0.15) is 80.1 Å². The summed E-state index contributed by atoms with van der Waals surface area (Å²) in [6.07, 6.45) is 6.46. The van der Waals surface area contributed by atoms with E-state index in [1.807, 2.05) is 0 Å². The van der Waals surface area contributed by atoms with Crippen molar-refractivity contribution in [1.29, 1.82) is 0 Å². The predicted octanol–water partition coefficient (Wildman–Crippen LogP) is 4.49. The molecule has 0 fully saturated rings. The molecule has 0 bridgehead atoms. The molecule has 17 heavy (non-hydrogen) atoms. The van der Waals surface area contributed by atoms with E-state index in [4.69, 9.17) is 7.58 Å². The van der Waals surface area contributed by atoms with Crippen LogP contribution in [0.5, 0.6) is 0 Å². The Morgan fingerprint density at radius 1 is 0.588 bits per heavy atom. The van der Waals surface area contributed by atoms with E-state index in [1.165, 1.54) is 0 Å². The quantitative estimate of drug-likeness (QED) is 0.537. The molecule has 0 aromatic carbocycles. The van der Waals surface area contributed by atoms with Gasteiger partial charge in [-0.2, -0.15) is 0 Å². The normalized spacial score (nSPS) is 13.1. The molecular formula is C14H30AlO2-. The highest BCUT2D eigenvalue weighted by Gasteiger charge is 2.21. The van der Waals surface area contributed by atoms with Crippen LogP contribution in [0.15, 0.2) is 0 Å².